The van der Waals surface area contributed by atoms with Gasteiger partial charge in [-0.05, 0) is 59.7 Å². The van der Waals surface area contributed by atoms with Crippen LogP contribution in [0, 0.1) is 0 Å². The lowest BCUT2D eigenvalue weighted by atomic mass is 10.1. The maximum Gasteiger partial charge on any atom is 0.296 e. The third kappa shape index (κ3) is 6.58. The van der Waals surface area contributed by atoms with Crippen LogP contribution >= 0.6 is 0 Å². The van der Waals surface area contributed by atoms with Crippen LogP contribution in [0.4, 0.5) is 0 Å². The van der Waals surface area contributed by atoms with E-state index in [0.29, 0.717) is 10.8 Å². The largest absolute Gasteiger partial charge is 0.296 e. The molecule has 2 aromatic heterocycles. The summed E-state index contributed by atoms with van der Waals surface area (Å²) in [6, 6.07) is 21.7. The number of nitrogens with zero attached hydrogens (tertiary/aromatic N) is 6. The second kappa shape index (κ2) is 12.8. The van der Waals surface area contributed by atoms with Gasteiger partial charge in [0.1, 0.15) is 53.0 Å². The smallest absolute Gasteiger partial charge is 0.282 e. The summed E-state index contributed by atoms with van der Waals surface area (Å²) < 4.78 is 138. The molecule has 0 saturated carbocycles. The molecule has 0 amide bonds. The molecule has 0 spiro atoms. The average Bonchev–Trinajstić information content (AvgIpc) is 3.77. The van der Waals surface area contributed by atoms with Crippen LogP contribution in [0.2, 0.25) is 0 Å². The molecule has 0 aliphatic carbocycles. The molecule has 8 aromatic rings. The van der Waals surface area contributed by atoms with Gasteiger partial charge in [-0.2, -0.15) is 33.7 Å². The van der Waals surface area contributed by atoms with Gasteiger partial charge in [0.05, 0.1) is 0 Å². The quantitative estimate of drug-likeness (QED) is 0.120. The van der Waals surface area contributed by atoms with Crippen LogP contribution in [0.1, 0.15) is 11.1 Å². The average molecular weight is 835 g/mol. The molecule has 8 rings (SSSR count). The minimum atomic E-state index is -4.91. The molecular weight excluding hydrogens is 813 g/mol. The fraction of sp³-hybridized carbons (Fsp3) is 0. The summed E-state index contributed by atoms with van der Waals surface area (Å²) in [5.41, 5.74) is 0.935. The fourth-order valence-corrected chi connectivity index (χ4v) is 9.09. The van der Waals surface area contributed by atoms with Crippen molar-refractivity contribution in [2.24, 2.45) is 0 Å². The third-order valence-corrected chi connectivity index (χ3v) is 12.3. The summed E-state index contributed by atoms with van der Waals surface area (Å²) in [6.45, 7) is 0. The Morgan fingerprint density at radius 3 is 1.14 bits per heavy atom. The molecule has 0 aliphatic heterocycles. The zero-order valence-electron chi connectivity index (χ0n) is 27.8. The molecular formula is C34H22N6O12S4. The van der Waals surface area contributed by atoms with Crippen molar-refractivity contribution in [2.75, 3.05) is 0 Å². The van der Waals surface area contributed by atoms with Gasteiger partial charge in [0.2, 0.25) is 0 Å². The van der Waals surface area contributed by atoms with Gasteiger partial charge in [-0.15, -0.1) is 30.0 Å². The van der Waals surface area contributed by atoms with Crippen molar-refractivity contribution in [3.8, 4) is 11.4 Å². The highest BCUT2D eigenvalue weighted by atomic mass is 32.2. The Labute approximate surface area is 315 Å². The Balaban J connectivity index is 1.17. The second-order valence-electron chi connectivity index (χ2n) is 12.2. The number of rotatable bonds is 8. The van der Waals surface area contributed by atoms with E-state index >= 15 is 0 Å². The maximum atomic E-state index is 12.6. The summed E-state index contributed by atoms with van der Waals surface area (Å²) in [5.74, 6) is 0. The minimum Gasteiger partial charge on any atom is -0.282 e. The lowest BCUT2D eigenvalue weighted by Gasteiger charge is -2.08. The van der Waals surface area contributed by atoms with Crippen LogP contribution in [0.15, 0.2) is 117 Å². The first-order chi connectivity index (χ1) is 26.3. The van der Waals surface area contributed by atoms with Crippen molar-refractivity contribution in [2.45, 2.75) is 19.6 Å². The lowest BCUT2D eigenvalue weighted by molar-refractivity contribution is 0.479. The van der Waals surface area contributed by atoms with Crippen molar-refractivity contribution in [3.63, 3.8) is 0 Å². The van der Waals surface area contributed by atoms with Gasteiger partial charge in [-0.25, -0.2) is 0 Å². The van der Waals surface area contributed by atoms with Crippen molar-refractivity contribution in [3.05, 3.63) is 108 Å². The normalized spacial score (nSPS) is 13.1. The van der Waals surface area contributed by atoms with Gasteiger partial charge in [0.15, 0.2) is 0 Å². The Kier molecular flexibility index (Phi) is 8.44. The van der Waals surface area contributed by atoms with Crippen LogP contribution in [0.3, 0.4) is 0 Å². The zero-order chi connectivity index (χ0) is 39.9. The van der Waals surface area contributed by atoms with E-state index in [1.807, 2.05) is 0 Å². The Morgan fingerprint density at radius 2 is 0.786 bits per heavy atom. The molecule has 2 heterocycles. The molecule has 22 heteroatoms. The maximum absolute atomic E-state index is 12.6. The first-order valence-electron chi connectivity index (χ1n) is 15.7. The van der Waals surface area contributed by atoms with Crippen molar-refractivity contribution in [1.29, 1.82) is 0 Å². The first-order valence-corrected chi connectivity index (χ1v) is 21.5. The summed E-state index contributed by atoms with van der Waals surface area (Å²) >= 11 is 0. The summed E-state index contributed by atoms with van der Waals surface area (Å²) in [7, 11) is -19.0. The van der Waals surface area contributed by atoms with E-state index in [4.69, 9.17) is 0 Å². The van der Waals surface area contributed by atoms with E-state index in [0.717, 1.165) is 21.7 Å². The highest BCUT2D eigenvalue weighted by Crippen LogP contribution is 2.32. The number of hydrogen-bond acceptors (Lipinski definition) is 12. The van der Waals surface area contributed by atoms with E-state index < -0.39 is 50.3 Å². The monoisotopic (exact) mass is 834 g/mol. The van der Waals surface area contributed by atoms with E-state index in [1.54, 1.807) is 12.1 Å². The standard InChI is InChI=1S/C34H22N6O12S4/c41-53(42,43)29-5-1-3-23-21(29)11-13-25-33(23)37-39(35-25)27-15-9-19(17-31(27)55(47,48)49)7-8-20-10-16-28(32(18-20)56(50,51)52)40-36-26-14-12-22-24(34(26)38-40)4-2-6-30(22)54(44,45)46/h1-18H,(H,41,42,43)(H,44,45,46)(H,47,48,49)(H,50,51,52). The molecule has 0 bridgehead atoms. The van der Waals surface area contributed by atoms with Crippen LogP contribution in [0.25, 0.3) is 67.1 Å². The van der Waals surface area contributed by atoms with E-state index in [9.17, 15) is 51.9 Å². The minimum absolute atomic E-state index is 0.148. The highest BCUT2D eigenvalue weighted by molar-refractivity contribution is 7.86. The molecule has 0 saturated heterocycles. The number of benzene rings is 6. The zero-order valence-corrected chi connectivity index (χ0v) is 31.0. The van der Waals surface area contributed by atoms with Gasteiger partial charge >= 0.3 is 0 Å². The molecule has 0 radical (unpaired) electrons. The van der Waals surface area contributed by atoms with Gasteiger partial charge in [0, 0.05) is 21.5 Å². The molecule has 284 valence electrons. The second-order valence-corrected chi connectivity index (χ2v) is 17.8. The van der Waals surface area contributed by atoms with Crippen LogP contribution in [-0.2, 0) is 40.5 Å². The van der Waals surface area contributed by atoms with Gasteiger partial charge in [0.25, 0.3) is 40.5 Å². The molecule has 56 heavy (non-hydrogen) atoms. The van der Waals surface area contributed by atoms with Crippen LogP contribution < -0.4 is 0 Å². The highest BCUT2D eigenvalue weighted by Gasteiger charge is 2.23. The van der Waals surface area contributed by atoms with E-state index in [1.165, 1.54) is 84.9 Å². The van der Waals surface area contributed by atoms with E-state index in [2.05, 4.69) is 20.4 Å². The van der Waals surface area contributed by atoms with Crippen molar-refractivity contribution in [1.82, 2.24) is 30.0 Å². The SMILES string of the molecule is O=S(=O)(O)c1cc(C=Cc2ccc(-n3nc4ccc5c(S(=O)(=O)O)cccc5c4n3)c(S(=O)(=O)O)c2)ccc1-n1nc2ccc3c(S(=O)(=O)O)cccc3c2n1. The van der Waals surface area contributed by atoms with Crippen LogP contribution in [0.5, 0.6) is 0 Å². The molecule has 0 atom stereocenters. The van der Waals surface area contributed by atoms with Crippen molar-refractivity contribution >= 4 is 96.2 Å². The molecule has 0 aliphatic rings. The van der Waals surface area contributed by atoms with E-state index in [-0.39, 0.29) is 65.1 Å². The molecule has 0 fully saturated rings. The number of fused-ring (bicyclic) bond motifs is 6. The number of hydrogen-bond donors (Lipinski definition) is 4. The Morgan fingerprint density at radius 1 is 0.411 bits per heavy atom. The molecule has 0 unspecified atom stereocenters. The predicted octanol–water partition coefficient (Wildman–Crippen LogP) is 4.62. The predicted molar refractivity (Wildman–Crippen MR) is 201 cm³/mol. The summed E-state index contributed by atoms with van der Waals surface area (Å²) in [5, 5.41) is 18.2. The number of aromatic nitrogens is 6. The lowest BCUT2D eigenvalue weighted by Crippen LogP contribution is -2.08. The Hall–Kier alpha value is -5.98. The molecule has 6 aromatic carbocycles. The Bertz CT molecular complexity index is 3260. The van der Waals surface area contributed by atoms with Gasteiger partial charge in [-0.1, -0.05) is 60.7 Å². The molecule has 4 N–H and O–H groups in total. The summed E-state index contributed by atoms with van der Waals surface area (Å²) in [6.07, 6.45) is 2.80. The van der Waals surface area contributed by atoms with Gasteiger partial charge in [-0.3, -0.25) is 18.2 Å². The fourth-order valence-electron chi connectivity index (χ4n) is 6.28. The topological polar surface area (TPSA) is 279 Å². The van der Waals surface area contributed by atoms with Crippen LogP contribution in [-0.4, -0.2) is 81.9 Å². The summed E-state index contributed by atoms with van der Waals surface area (Å²) in [4.78, 5) is -0.0464. The third-order valence-electron chi connectivity index (χ3n) is 8.72. The van der Waals surface area contributed by atoms with Gasteiger partial charge < -0.3 is 0 Å². The molecule has 18 nitrogen and oxygen atoms in total. The van der Waals surface area contributed by atoms with Crippen molar-refractivity contribution < 1.29 is 51.9 Å². The first kappa shape index (κ1) is 37.0.